The van der Waals surface area contributed by atoms with Crippen molar-refractivity contribution in [1.29, 1.82) is 5.26 Å². The summed E-state index contributed by atoms with van der Waals surface area (Å²) < 4.78 is 12.0. The molecule has 7 heteroatoms. The van der Waals surface area contributed by atoms with Crippen molar-refractivity contribution in [2.75, 3.05) is 12.8 Å². The Balaban J connectivity index is 1.92. The average molecular weight is 368 g/mol. The lowest BCUT2D eigenvalue weighted by Crippen LogP contribution is -2.11. The van der Waals surface area contributed by atoms with Crippen LogP contribution in [0.3, 0.4) is 0 Å². The number of methoxy groups -OCH3 is 1. The third kappa shape index (κ3) is 3.34. The normalized spacial score (nSPS) is 10.2. The Kier molecular flexibility index (Phi) is 4.83. The predicted octanol–water partition coefficient (Wildman–Crippen LogP) is 4.16. The lowest BCUT2D eigenvalue weighted by Gasteiger charge is -2.10. The molecule has 0 amide bonds. The van der Waals surface area contributed by atoms with Crippen LogP contribution in [0.1, 0.15) is 16.1 Å². The molecule has 2 N–H and O–H groups in total. The van der Waals surface area contributed by atoms with Crippen molar-refractivity contribution >= 4 is 23.3 Å². The van der Waals surface area contributed by atoms with Crippen molar-refractivity contribution in [3.05, 3.63) is 71.0 Å². The van der Waals surface area contributed by atoms with Crippen LogP contribution in [0.15, 0.2) is 54.7 Å². The molecule has 0 aliphatic carbocycles. The maximum Gasteiger partial charge on any atom is 0.357 e. The van der Waals surface area contributed by atoms with Crippen LogP contribution < -0.4 is 10.5 Å². The summed E-state index contributed by atoms with van der Waals surface area (Å²) in [4.78, 5) is 12.0. The van der Waals surface area contributed by atoms with Crippen LogP contribution in [0.2, 0.25) is 5.02 Å². The molecule has 0 saturated carbocycles. The molecule has 0 unspecified atom stereocenters. The van der Waals surface area contributed by atoms with Crippen molar-refractivity contribution in [1.82, 2.24) is 4.57 Å². The van der Waals surface area contributed by atoms with Crippen LogP contribution in [0, 0.1) is 11.3 Å². The van der Waals surface area contributed by atoms with E-state index in [1.807, 2.05) is 6.07 Å². The Hall–Kier alpha value is -3.43. The molecule has 6 nitrogen and oxygen atoms in total. The molecular weight excluding hydrogens is 354 g/mol. The van der Waals surface area contributed by atoms with Gasteiger partial charge in [0, 0.05) is 16.9 Å². The van der Waals surface area contributed by atoms with E-state index < -0.39 is 5.97 Å². The first-order valence-corrected chi connectivity index (χ1v) is 7.94. The SMILES string of the molecule is COC(=O)c1c(N)c(C#N)cn1-c1ccc(Oc2ccc(Cl)cc2)cc1. The molecule has 0 saturated heterocycles. The Morgan fingerprint density at radius 3 is 2.23 bits per heavy atom. The van der Waals surface area contributed by atoms with E-state index in [2.05, 4.69) is 0 Å². The van der Waals surface area contributed by atoms with Gasteiger partial charge in [-0.3, -0.25) is 0 Å². The number of carbonyl (C=O) groups excluding carboxylic acids is 1. The Morgan fingerprint density at radius 2 is 1.69 bits per heavy atom. The molecule has 26 heavy (non-hydrogen) atoms. The van der Waals surface area contributed by atoms with Crippen LogP contribution in [-0.2, 0) is 4.74 Å². The molecule has 0 fully saturated rings. The zero-order chi connectivity index (χ0) is 18.7. The van der Waals surface area contributed by atoms with Gasteiger partial charge in [0.25, 0.3) is 0 Å². The van der Waals surface area contributed by atoms with Gasteiger partial charge in [0.15, 0.2) is 5.69 Å². The molecular formula is C19H14ClN3O3. The van der Waals surface area contributed by atoms with E-state index in [9.17, 15) is 4.79 Å². The Bertz CT molecular complexity index is 987. The highest BCUT2D eigenvalue weighted by Crippen LogP contribution is 2.27. The van der Waals surface area contributed by atoms with E-state index in [1.165, 1.54) is 17.9 Å². The molecule has 0 bridgehead atoms. The molecule has 130 valence electrons. The second-order valence-corrected chi connectivity index (χ2v) is 5.76. The smallest absolute Gasteiger partial charge is 0.357 e. The van der Waals surface area contributed by atoms with Crippen LogP contribution in [-0.4, -0.2) is 17.6 Å². The van der Waals surface area contributed by atoms with Crippen LogP contribution in [0.4, 0.5) is 5.69 Å². The molecule has 1 heterocycles. The maximum absolute atomic E-state index is 12.0. The van der Waals surface area contributed by atoms with E-state index in [4.69, 9.17) is 32.1 Å². The number of nitrogen functional groups attached to an aromatic ring is 1. The number of hydrogen-bond acceptors (Lipinski definition) is 5. The van der Waals surface area contributed by atoms with E-state index >= 15 is 0 Å². The van der Waals surface area contributed by atoms with Gasteiger partial charge in [0.05, 0.1) is 18.4 Å². The highest BCUT2D eigenvalue weighted by Gasteiger charge is 2.21. The highest BCUT2D eigenvalue weighted by atomic mass is 35.5. The zero-order valence-electron chi connectivity index (χ0n) is 13.8. The second kappa shape index (κ2) is 7.21. The number of carbonyl (C=O) groups is 1. The summed E-state index contributed by atoms with van der Waals surface area (Å²) in [7, 11) is 1.26. The first-order valence-electron chi connectivity index (χ1n) is 7.56. The van der Waals surface area contributed by atoms with Crippen molar-refractivity contribution in [2.24, 2.45) is 0 Å². The summed E-state index contributed by atoms with van der Waals surface area (Å²) >= 11 is 5.85. The van der Waals surface area contributed by atoms with E-state index in [-0.39, 0.29) is 16.9 Å². The zero-order valence-corrected chi connectivity index (χ0v) is 14.5. The summed E-state index contributed by atoms with van der Waals surface area (Å²) in [5, 5.41) is 9.79. The number of aromatic nitrogens is 1. The number of anilines is 1. The topological polar surface area (TPSA) is 90.3 Å². The molecule has 3 rings (SSSR count). The number of benzene rings is 2. The quantitative estimate of drug-likeness (QED) is 0.699. The Morgan fingerprint density at radius 1 is 1.12 bits per heavy atom. The molecule has 0 radical (unpaired) electrons. The highest BCUT2D eigenvalue weighted by molar-refractivity contribution is 6.30. The number of ether oxygens (including phenoxy) is 2. The summed E-state index contributed by atoms with van der Waals surface area (Å²) in [6.45, 7) is 0. The lowest BCUT2D eigenvalue weighted by atomic mass is 10.2. The van der Waals surface area contributed by atoms with Gasteiger partial charge in [-0.15, -0.1) is 0 Å². The number of nitriles is 1. The van der Waals surface area contributed by atoms with Crippen molar-refractivity contribution < 1.29 is 14.3 Å². The fourth-order valence-electron chi connectivity index (χ4n) is 2.43. The molecule has 3 aromatic rings. The second-order valence-electron chi connectivity index (χ2n) is 5.33. The fourth-order valence-corrected chi connectivity index (χ4v) is 2.56. The van der Waals surface area contributed by atoms with Gasteiger partial charge in [0.1, 0.15) is 17.6 Å². The molecule has 2 aromatic carbocycles. The molecule has 0 spiro atoms. The van der Waals surface area contributed by atoms with Crippen LogP contribution in [0.5, 0.6) is 11.5 Å². The fraction of sp³-hybridized carbons (Fsp3) is 0.0526. The van der Waals surface area contributed by atoms with Gasteiger partial charge in [-0.1, -0.05) is 11.6 Å². The van der Waals surface area contributed by atoms with Gasteiger partial charge in [-0.2, -0.15) is 5.26 Å². The molecule has 1 aromatic heterocycles. The number of halogens is 1. The summed E-state index contributed by atoms with van der Waals surface area (Å²) in [6.07, 6.45) is 1.50. The monoisotopic (exact) mass is 367 g/mol. The minimum absolute atomic E-state index is 0.0841. The third-order valence-corrected chi connectivity index (χ3v) is 3.96. The molecule has 0 aliphatic rings. The number of hydrogen-bond donors (Lipinski definition) is 1. The summed E-state index contributed by atoms with van der Waals surface area (Å²) in [5.74, 6) is 0.635. The third-order valence-electron chi connectivity index (χ3n) is 3.71. The van der Waals surface area contributed by atoms with Gasteiger partial charge >= 0.3 is 5.97 Å². The van der Waals surface area contributed by atoms with E-state index in [0.717, 1.165) is 0 Å². The van der Waals surface area contributed by atoms with Crippen LogP contribution in [0.25, 0.3) is 5.69 Å². The minimum atomic E-state index is -0.620. The number of nitrogens with zero attached hydrogens (tertiary/aromatic N) is 2. The van der Waals surface area contributed by atoms with Crippen molar-refractivity contribution in [3.63, 3.8) is 0 Å². The van der Waals surface area contributed by atoms with Gasteiger partial charge in [0.2, 0.25) is 0 Å². The van der Waals surface area contributed by atoms with Gasteiger partial charge in [-0.25, -0.2) is 4.79 Å². The van der Waals surface area contributed by atoms with E-state index in [1.54, 1.807) is 48.5 Å². The van der Waals surface area contributed by atoms with Crippen molar-refractivity contribution in [2.45, 2.75) is 0 Å². The Labute approximate surface area is 154 Å². The first kappa shape index (κ1) is 17.4. The van der Waals surface area contributed by atoms with E-state index in [0.29, 0.717) is 22.2 Å². The number of rotatable bonds is 4. The van der Waals surface area contributed by atoms with Crippen LogP contribution >= 0.6 is 11.6 Å². The van der Waals surface area contributed by atoms with Gasteiger partial charge in [-0.05, 0) is 48.5 Å². The number of nitrogens with two attached hydrogens (primary N) is 1. The summed E-state index contributed by atoms with van der Waals surface area (Å²) in [6, 6.07) is 15.9. The first-order chi connectivity index (χ1) is 12.5. The van der Waals surface area contributed by atoms with Gasteiger partial charge < -0.3 is 19.8 Å². The lowest BCUT2D eigenvalue weighted by molar-refractivity contribution is 0.0593. The minimum Gasteiger partial charge on any atom is -0.464 e. The summed E-state index contributed by atoms with van der Waals surface area (Å²) in [5.41, 5.74) is 6.93. The average Bonchev–Trinajstić information content (AvgIpc) is 3.00. The largest absolute Gasteiger partial charge is 0.464 e. The molecule has 0 aliphatic heterocycles. The standard InChI is InChI=1S/C19H14ClN3O3/c1-25-19(24)18-17(22)12(10-21)11-23(18)14-4-8-16(9-5-14)26-15-6-2-13(20)3-7-15/h2-9,11H,22H2,1H3. The van der Waals surface area contributed by atoms with Crippen molar-refractivity contribution in [3.8, 4) is 23.3 Å². The molecule has 0 atom stereocenters. The maximum atomic E-state index is 12.0. The number of esters is 1. The predicted molar refractivity (Wildman–Crippen MR) is 97.8 cm³/mol.